The Bertz CT molecular complexity index is 925. The number of ether oxygens (including phenoxy) is 1. The standard InChI is InChI=1S/C12H9ClN2O3.C3H8NO5P.C3H9S/c13-11-10(18-8-4-2-1-3-5-8)7-6-9(12(11)14)15(16)17;5-3(6)1-4-2-10(7,8)9;1-4(2)3/h1-7H,14H2;4H,1-2H2,(H,5,6)(H2,7,8,9);1-3H3/q;;+1/p-1. The molecule has 0 aromatic heterocycles. The lowest BCUT2D eigenvalue weighted by atomic mass is 10.2. The minimum Gasteiger partial charge on any atom is -0.549 e. The van der Waals surface area contributed by atoms with Crippen molar-refractivity contribution in [2.75, 3.05) is 37.3 Å². The Morgan fingerprint density at radius 3 is 2.19 bits per heavy atom. The molecule has 0 radical (unpaired) electrons. The number of rotatable bonds is 7. The number of nitrogen functional groups attached to an aromatic ring is 1. The summed E-state index contributed by atoms with van der Waals surface area (Å²) in [5.41, 5.74) is 5.25. The zero-order valence-corrected chi connectivity index (χ0v) is 20.0. The Kier molecular flexibility index (Phi) is 13.6. The van der Waals surface area contributed by atoms with E-state index in [2.05, 4.69) is 18.8 Å². The first-order valence-corrected chi connectivity index (χ1v) is 13.3. The highest BCUT2D eigenvalue weighted by Gasteiger charge is 2.18. The van der Waals surface area contributed by atoms with Crippen LogP contribution in [0.2, 0.25) is 5.02 Å². The van der Waals surface area contributed by atoms with Crippen molar-refractivity contribution >= 4 is 47.4 Å². The van der Waals surface area contributed by atoms with Crippen LogP contribution in [0.15, 0.2) is 42.5 Å². The number of carbonyl (C=O) groups is 1. The third-order valence-electron chi connectivity index (χ3n) is 2.88. The van der Waals surface area contributed by atoms with Crippen molar-refractivity contribution in [3.63, 3.8) is 0 Å². The van der Waals surface area contributed by atoms with Gasteiger partial charge in [-0.3, -0.25) is 14.7 Å². The first-order valence-electron chi connectivity index (χ1n) is 8.64. The van der Waals surface area contributed by atoms with E-state index in [1.165, 1.54) is 12.1 Å². The summed E-state index contributed by atoms with van der Waals surface area (Å²) in [5.74, 6) is -0.535. The molecular weight excluding hydrogens is 485 g/mol. The monoisotopic (exact) mass is 509 g/mol. The average molecular weight is 510 g/mol. The lowest BCUT2D eigenvalue weighted by Crippen LogP contribution is -2.34. The molecule has 11 nitrogen and oxygen atoms in total. The summed E-state index contributed by atoms with van der Waals surface area (Å²) in [6.07, 6.45) is 5.95. The molecule has 5 N–H and O–H groups in total. The highest BCUT2D eigenvalue weighted by molar-refractivity contribution is 7.94. The second kappa shape index (κ2) is 14.7. The number of carbonyl (C=O) groups excluding carboxylic acids is 1. The van der Waals surface area contributed by atoms with Crippen LogP contribution in [0.5, 0.6) is 11.5 Å². The molecule has 2 aromatic carbocycles. The molecule has 0 aliphatic heterocycles. The van der Waals surface area contributed by atoms with Crippen molar-refractivity contribution in [2.45, 2.75) is 0 Å². The van der Waals surface area contributed by atoms with Gasteiger partial charge in [0.2, 0.25) is 0 Å². The molecule has 0 aliphatic carbocycles. The van der Waals surface area contributed by atoms with Gasteiger partial charge in [0.25, 0.3) is 5.69 Å². The van der Waals surface area contributed by atoms with Gasteiger partial charge in [0.1, 0.15) is 22.2 Å². The maximum absolute atomic E-state index is 10.7. The number of nitrogens with zero attached hydrogens (tertiary/aromatic N) is 1. The molecule has 0 amide bonds. The molecule has 0 heterocycles. The molecule has 2 aromatic rings. The van der Waals surface area contributed by atoms with E-state index in [1.807, 2.05) is 11.4 Å². The summed E-state index contributed by atoms with van der Waals surface area (Å²) in [5, 5.41) is 22.4. The van der Waals surface area contributed by atoms with Crippen LogP contribution in [-0.4, -0.2) is 52.3 Å². The number of carboxylic acids is 1. The van der Waals surface area contributed by atoms with Gasteiger partial charge < -0.3 is 35.5 Å². The summed E-state index contributed by atoms with van der Waals surface area (Å²) in [6.45, 7) is -0.550. The molecular formula is C18H25ClN3O8PS. The minimum atomic E-state index is -4.12. The van der Waals surface area contributed by atoms with Crippen LogP contribution in [0, 0.1) is 10.1 Å². The van der Waals surface area contributed by atoms with Crippen molar-refractivity contribution in [1.29, 1.82) is 0 Å². The number of benzene rings is 2. The second-order valence-electron chi connectivity index (χ2n) is 6.33. The fraction of sp³-hybridized carbons (Fsp3) is 0.278. The summed E-state index contributed by atoms with van der Waals surface area (Å²) in [6, 6.07) is 11.6. The van der Waals surface area contributed by atoms with E-state index in [0.717, 1.165) is 0 Å². The first kappa shape index (κ1) is 29.7. The number of para-hydroxylation sites is 1. The third-order valence-corrected chi connectivity index (χ3v) is 3.90. The Hall–Kier alpha value is -2.34. The van der Waals surface area contributed by atoms with Crippen molar-refractivity contribution in [2.24, 2.45) is 0 Å². The number of nitro benzene ring substituents is 1. The number of hydrogen-bond donors (Lipinski definition) is 4. The molecule has 0 fully saturated rings. The number of nitrogens with two attached hydrogens (primary N) is 1. The zero-order chi connectivity index (χ0) is 24.9. The van der Waals surface area contributed by atoms with E-state index in [-0.39, 0.29) is 22.1 Å². The number of carboxylic acid groups (broad SMARTS) is 1. The number of hydrogen-bond acceptors (Lipinski definition) is 8. The van der Waals surface area contributed by atoms with Gasteiger partial charge in [-0.25, -0.2) is 0 Å². The van der Waals surface area contributed by atoms with Crippen molar-refractivity contribution in [3.8, 4) is 11.5 Å². The Morgan fingerprint density at radius 2 is 1.75 bits per heavy atom. The molecule has 2 rings (SSSR count). The first-order chi connectivity index (χ1) is 14.7. The van der Waals surface area contributed by atoms with E-state index in [0.29, 0.717) is 16.6 Å². The Labute approximate surface area is 193 Å². The summed E-state index contributed by atoms with van der Waals surface area (Å²) < 4.78 is 15.5. The molecule has 178 valence electrons. The maximum atomic E-state index is 10.7. The quantitative estimate of drug-likeness (QED) is 0.140. The molecule has 0 saturated carbocycles. The van der Waals surface area contributed by atoms with Crippen molar-refractivity contribution < 1.29 is 33.9 Å². The van der Waals surface area contributed by atoms with Gasteiger partial charge in [-0.2, -0.15) is 0 Å². The van der Waals surface area contributed by atoms with Gasteiger partial charge in [-0.1, -0.05) is 29.8 Å². The molecule has 0 spiro atoms. The fourth-order valence-electron chi connectivity index (χ4n) is 1.72. The molecule has 0 bridgehead atoms. The number of halogens is 1. The van der Waals surface area contributed by atoms with Crippen molar-refractivity contribution in [3.05, 3.63) is 57.6 Å². The van der Waals surface area contributed by atoms with E-state index in [1.54, 1.807) is 24.3 Å². The Balaban J connectivity index is 0.000000581. The second-order valence-corrected chi connectivity index (χ2v) is 10.8. The van der Waals surface area contributed by atoms with Gasteiger partial charge in [0.05, 0.1) is 35.9 Å². The van der Waals surface area contributed by atoms with Gasteiger partial charge in [0, 0.05) is 12.6 Å². The van der Waals surface area contributed by atoms with Crippen LogP contribution in [-0.2, 0) is 20.3 Å². The van der Waals surface area contributed by atoms with Gasteiger partial charge in [-0.05, 0) is 29.1 Å². The van der Waals surface area contributed by atoms with Crippen LogP contribution in [0.3, 0.4) is 0 Å². The lowest BCUT2D eigenvalue weighted by molar-refractivity contribution is -0.383. The highest BCUT2D eigenvalue weighted by Crippen LogP contribution is 2.38. The van der Waals surface area contributed by atoms with Crippen molar-refractivity contribution in [1.82, 2.24) is 5.32 Å². The molecule has 0 atom stereocenters. The number of nitrogens with one attached hydrogen (secondary N) is 1. The van der Waals surface area contributed by atoms with Crippen LogP contribution < -0.4 is 20.9 Å². The molecule has 0 unspecified atom stereocenters. The minimum absolute atomic E-state index is 0.0352. The molecule has 0 saturated heterocycles. The lowest BCUT2D eigenvalue weighted by Gasteiger charge is -2.08. The Morgan fingerprint density at radius 1 is 1.22 bits per heavy atom. The predicted octanol–water partition coefficient (Wildman–Crippen LogP) is 1.58. The predicted molar refractivity (Wildman–Crippen MR) is 124 cm³/mol. The third kappa shape index (κ3) is 13.9. The zero-order valence-electron chi connectivity index (χ0n) is 17.6. The van der Waals surface area contributed by atoms with Gasteiger partial charge >= 0.3 is 7.60 Å². The van der Waals surface area contributed by atoms with E-state index in [4.69, 9.17) is 31.9 Å². The summed E-state index contributed by atoms with van der Waals surface area (Å²) in [4.78, 5) is 36.1. The number of anilines is 1. The highest BCUT2D eigenvalue weighted by atomic mass is 35.5. The smallest absolute Gasteiger partial charge is 0.339 e. The van der Waals surface area contributed by atoms with Crippen LogP contribution in [0.4, 0.5) is 11.4 Å². The molecule has 14 heteroatoms. The number of aliphatic carboxylic acids is 1. The average Bonchev–Trinajstić information content (AvgIpc) is 2.65. The van der Waals surface area contributed by atoms with E-state index >= 15 is 0 Å². The largest absolute Gasteiger partial charge is 0.549 e. The van der Waals surface area contributed by atoms with Crippen LogP contribution >= 0.6 is 19.2 Å². The topological polar surface area (TPSA) is 188 Å². The van der Waals surface area contributed by atoms with Crippen LogP contribution in [0.25, 0.3) is 0 Å². The normalized spacial score (nSPS) is 10.3. The number of nitro groups is 1. The fourth-order valence-corrected chi connectivity index (χ4v) is 2.32. The maximum Gasteiger partial charge on any atom is 0.339 e. The SMILES string of the molecule is C[S+](C)C.Nc1c([N+](=O)[O-])ccc(Oc2ccccc2)c1Cl.O=C([O-])CNCP(=O)(O)O. The van der Waals surface area contributed by atoms with E-state index < -0.39 is 31.3 Å². The van der Waals surface area contributed by atoms with Gasteiger partial charge in [0.15, 0.2) is 0 Å². The molecule has 32 heavy (non-hydrogen) atoms. The van der Waals surface area contributed by atoms with E-state index in [9.17, 15) is 24.6 Å². The molecule has 0 aliphatic rings. The summed E-state index contributed by atoms with van der Waals surface area (Å²) in [7, 11) is -3.49. The van der Waals surface area contributed by atoms with Crippen LogP contribution in [0.1, 0.15) is 0 Å². The van der Waals surface area contributed by atoms with Gasteiger partial charge in [-0.15, -0.1) is 0 Å². The summed E-state index contributed by atoms with van der Waals surface area (Å²) >= 11 is 5.94.